The van der Waals surface area contributed by atoms with E-state index in [4.69, 9.17) is 9.84 Å². The zero-order chi connectivity index (χ0) is 24.1. The zero-order valence-corrected chi connectivity index (χ0v) is 20.8. The molecule has 1 N–H and O–H groups in total. The highest BCUT2D eigenvalue weighted by Crippen LogP contribution is 2.45. The molecular formula is C28H39FO3. The number of hydrogen-bond donors (Lipinski definition) is 1. The van der Waals surface area contributed by atoms with Crippen LogP contribution in [0.3, 0.4) is 0 Å². The molecule has 4 heteroatoms. The van der Waals surface area contributed by atoms with Gasteiger partial charge in [-0.3, -0.25) is 4.39 Å². The summed E-state index contributed by atoms with van der Waals surface area (Å²) in [4.78, 5) is 11.0. The van der Waals surface area contributed by atoms with Crippen LogP contribution in [0.5, 0.6) is 5.75 Å². The van der Waals surface area contributed by atoms with Gasteiger partial charge in [0.05, 0.1) is 13.3 Å². The van der Waals surface area contributed by atoms with Gasteiger partial charge in [-0.25, -0.2) is 4.79 Å². The van der Waals surface area contributed by atoms with Crippen molar-refractivity contribution in [2.75, 3.05) is 13.3 Å². The summed E-state index contributed by atoms with van der Waals surface area (Å²) in [6, 6.07) is 4.49. The minimum absolute atomic E-state index is 0.0256. The molecule has 0 heterocycles. The number of allylic oxidation sites excluding steroid dienone is 5. The Morgan fingerprint density at radius 2 is 1.81 bits per heavy atom. The van der Waals surface area contributed by atoms with Gasteiger partial charge in [-0.2, -0.15) is 0 Å². The lowest BCUT2D eigenvalue weighted by atomic mass is 9.77. The van der Waals surface area contributed by atoms with Gasteiger partial charge in [0.2, 0.25) is 0 Å². The number of carboxylic acid groups (broad SMARTS) is 1. The predicted octanol–water partition coefficient (Wildman–Crippen LogP) is 7.54. The maximum absolute atomic E-state index is 12.8. The lowest BCUT2D eigenvalue weighted by Gasteiger charge is -2.30. The Balaban J connectivity index is 2.72. The van der Waals surface area contributed by atoms with Gasteiger partial charge in [0.25, 0.3) is 0 Å². The number of ether oxygens (including phenoxy) is 1. The van der Waals surface area contributed by atoms with Gasteiger partial charge in [0.1, 0.15) is 5.75 Å². The molecule has 0 saturated carbocycles. The molecule has 1 aromatic carbocycles. The second-order valence-corrected chi connectivity index (χ2v) is 10.7. The van der Waals surface area contributed by atoms with Crippen molar-refractivity contribution in [2.24, 2.45) is 0 Å². The molecule has 2 rings (SSSR count). The number of rotatable bonds is 8. The maximum Gasteiger partial charge on any atom is 0.328 e. The van der Waals surface area contributed by atoms with Crippen molar-refractivity contribution in [3.63, 3.8) is 0 Å². The normalized spacial score (nSPS) is 15.7. The number of carboxylic acids is 1. The van der Waals surface area contributed by atoms with Crippen LogP contribution in [-0.4, -0.2) is 24.4 Å². The van der Waals surface area contributed by atoms with Crippen LogP contribution in [0.4, 0.5) is 4.39 Å². The largest absolute Gasteiger partial charge is 0.493 e. The minimum atomic E-state index is -0.941. The van der Waals surface area contributed by atoms with E-state index in [9.17, 15) is 9.18 Å². The van der Waals surface area contributed by atoms with Crippen LogP contribution in [0.2, 0.25) is 0 Å². The highest BCUT2D eigenvalue weighted by Gasteiger charge is 2.28. The molecule has 0 unspecified atom stereocenters. The first-order valence-electron chi connectivity index (χ1n) is 11.5. The summed E-state index contributed by atoms with van der Waals surface area (Å²) in [5.41, 5.74) is 6.50. The van der Waals surface area contributed by atoms with Gasteiger partial charge in [0.15, 0.2) is 0 Å². The smallest absolute Gasteiger partial charge is 0.328 e. The zero-order valence-electron chi connectivity index (χ0n) is 20.8. The predicted molar refractivity (Wildman–Crippen MR) is 131 cm³/mol. The number of benzene rings is 1. The molecule has 1 aliphatic carbocycles. The van der Waals surface area contributed by atoms with Crippen LogP contribution in [0.1, 0.15) is 90.8 Å². The Morgan fingerprint density at radius 1 is 1.12 bits per heavy atom. The Morgan fingerprint density at radius 3 is 2.38 bits per heavy atom. The summed E-state index contributed by atoms with van der Waals surface area (Å²) in [5, 5.41) is 8.99. The molecule has 32 heavy (non-hydrogen) atoms. The van der Waals surface area contributed by atoms with E-state index < -0.39 is 12.6 Å². The molecule has 3 nitrogen and oxygen atoms in total. The van der Waals surface area contributed by atoms with Crippen LogP contribution in [0.15, 0.2) is 41.5 Å². The number of aliphatic carboxylic acids is 1. The molecule has 1 aromatic rings. The van der Waals surface area contributed by atoms with Crippen molar-refractivity contribution in [2.45, 2.75) is 85.0 Å². The monoisotopic (exact) mass is 442 g/mol. The van der Waals surface area contributed by atoms with Gasteiger partial charge < -0.3 is 9.84 Å². The van der Waals surface area contributed by atoms with Crippen molar-refractivity contribution >= 4 is 11.5 Å². The van der Waals surface area contributed by atoms with Crippen LogP contribution >= 0.6 is 0 Å². The van der Waals surface area contributed by atoms with Crippen LogP contribution in [0, 0.1) is 0 Å². The summed E-state index contributed by atoms with van der Waals surface area (Å²) in [6.45, 7) is 14.9. The van der Waals surface area contributed by atoms with Crippen LogP contribution < -0.4 is 4.74 Å². The molecule has 0 radical (unpaired) electrons. The second kappa shape index (κ2) is 10.5. The molecule has 0 bridgehead atoms. The van der Waals surface area contributed by atoms with Crippen molar-refractivity contribution in [3.8, 4) is 5.75 Å². The van der Waals surface area contributed by atoms with Crippen molar-refractivity contribution in [1.29, 1.82) is 0 Å². The molecule has 176 valence electrons. The maximum atomic E-state index is 12.8. The number of hydrogen-bond acceptors (Lipinski definition) is 2. The first-order valence-corrected chi connectivity index (χ1v) is 11.5. The van der Waals surface area contributed by atoms with Gasteiger partial charge in [-0.1, -0.05) is 59.8 Å². The fraction of sp³-hybridized carbons (Fsp3) is 0.536. The quantitative estimate of drug-likeness (QED) is 0.257. The van der Waals surface area contributed by atoms with Crippen molar-refractivity contribution in [3.05, 3.63) is 58.2 Å². The van der Waals surface area contributed by atoms with Crippen LogP contribution in [0.25, 0.3) is 5.57 Å². The fourth-order valence-electron chi connectivity index (χ4n) is 3.96. The lowest BCUT2D eigenvalue weighted by molar-refractivity contribution is -0.131. The van der Waals surface area contributed by atoms with Gasteiger partial charge in [0, 0.05) is 23.6 Å². The van der Waals surface area contributed by atoms with Crippen molar-refractivity contribution in [1.82, 2.24) is 0 Å². The molecule has 0 saturated heterocycles. The lowest BCUT2D eigenvalue weighted by Crippen LogP contribution is -2.19. The Hall–Kier alpha value is -2.36. The SMILES string of the molecule is CC(C=CC1=C(c2cc(C(C)(C)C)cc(C(C)(C)C)c2OCCCF)CCC1)=CC(=O)O. The molecule has 0 aliphatic heterocycles. The topological polar surface area (TPSA) is 46.5 Å². The summed E-state index contributed by atoms with van der Waals surface area (Å²) in [7, 11) is 0. The molecule has 0 fully saturated rings. The van der Waals surface area contributed by atoms with Gasteiger partial charge >= 0.3 is 5.97 Å². The standard InChI is InChI=1S/C28H39FO3/c1-19(16-25(30)31)12-13-20-10-8-11-22(20)23-17-21(27(2,3)4)18-24(28(5,6)7)26(23)32-15-9-14-29/h12-13,16-18H,8-11,14-15H2,1-7H3,(H,30,31). The fourth-order valence-corrected chi connectivity index (χ4v) is 3.96. The van der Waals surface area contributed by atoms with Gasteiger partial charge in [-0.15, -0.1) is 0 Å². The third-order valence-corrected chi connectivity index (χ3v) is 5.77. The molecule has 0 atom stereocenters. The Bertz CT molecular complexity index is 921. The summed E-state index contributed by atoms with van der Waals surface area (Å²) >= 11 is 0. The third-order valence-electron chi connectivity index (χ3n) is 5.77. The Labute approximate surface area is 193 Å². The molecule has 0 aromatic heterocycles. The first-order chi connectivity index (χ1) is 14.8. The molecular weight excluding hydrogens is 403 g/mol. The number of halogens is 1. The van der Waals surface area contributed by atoms with E-state index in [2.05, 4.69) is 53.7 Å². The summed E-state index contributed by atoms with van der Waals surface area (Å²) in [5.74, 6) is -0.0800. The van der Waals surface area contributed by atoms with E-state index in [-0.39, 0.29) is 10.8 Å². The van der Waals surface area contributed by atoms with Crippen molar-refractivity contribution < 1.29 is 19.0 Å². The average Bonchev–Trinajstić information content (AvgIpc) is 3.12. The van der Waals surface area contributed by atoms with Crippen LogP contribution in [-0.2, 0) is 15.6 Å². The number of alkyl halides is 1. The second-order valence-electron chi connectivity index (χ2n) is 10.7. The molecule has 0 spiro atoms. The average molecular weight is 443 g/mol. The Kier molecular flexibility index (Phi) is 8.50. The summed E-state index contributed by atoms with van der Waals surface area (Å²) < 4.78 is 19.1. The summed E-state index contributed by atoms with van der Waals surface area (Å²) in [6.07, 6.45) is 8.44. The van der Waals surface area contributed by atoms with Gasteiger partial charge in [-0.05, 0) is 65.4 Å². The minimum Gasteiger partial charge on any atom is -0.493 e. The van der Waals surface area contributed by atoms with E-state index in [0.29, 0.717) is 18.6 Å². The molecule has 1 aliphatic rings. The highest BCUT2D eigenvalue weighted by molar-refractivity contribution is 5.81. The molecule has 0 amide bonds. The number of carbonyl (C=O) groups is 1. The van der Waals surface area contributed by atoms with E-state index in [1.54, 1.807) is 6.92 Å². The van der Waals surface area contributed by atoms with E-state index in [0.717, 1.165) is 36.1 Å². The first kappa shape index (κ1) is 25.9. The third kappa shape index (κ3) is 6.82. The highest BCUT2D eigenvalue weighted by atomic mass is 19.1. The van der Waals surface area contributed by atoms with E-state index in [1.807, 2.05) is 12.2 Å². The van der Waals surface area contributed by atoms with E-state index >= 15 is 0 Å². The van der Waals surface area contributed by atoms with E-state index in [1.165, 1.54) is 22.8 Å².